The Kier molecular flexibility index (Phi) is 21.5. The molecule has 0 amide bonds. The molecular formula is C41H73BrMgO18. The van der Waals surface area contributed by atoms with Crippen LogP contribution in [0, 0.1) is 7.43 Å². The van der Waals surface area contributed by atoms with Gasteiger partial charge in [-0.1, -0.05) is 20.8 Å². The number of ether oxygens (including phenoxy) is 13. The smallest absolute Gasteiger partial charge is 1.00 e. The second kappa shape index (κ2) is 22.8. The van der Waals surface area contributed by atoms with E-state index in [-0.39, 0.29) is 90.4 Å². The van der Waals surface area contributed by atoms with Crippen LogP contribution in [0.2, 0.25) is 0 Å². The Bertz CT molecular complexity index is 1300. The molecule has 0 aliphatic carbocycles. The molecule has 9 saturated heterocycles. The van der Waals surface area contributed by atoms with Crippen LogP contribution in [0.4, 0.5) is 0 Å². The van der Waals surface area contributed by atoms with E-state index in [0.717, 1.165) is 26.1 Å². The standard InChI is InChI=1S/C10H18O4.C9H16O4.C9H14O4.C8H14O5.C4H8O.CH3.BrH.Mg/c1-5-6-10(4,11)7-8(12-6)14-9(2,3)13-7;2*1-4-5-6(10)7-8(11-5)13-9(2,3)12-7;1-8(2)12-6-5(10)4(3-9)11-7(6)13-8;1-2-4-5-3-1;;;/h6-8,11H,5H2,1-4H3;5-8,10H,4H2,1-3H3;5,7-8H,4H2,1-3H3;4-7,9-10H,3H2,1-2H3;1-4H2;1H3;1H;/q;;;;;-1;;+2/p-1/t6-,7+,8-,10-;5-,6+,7-,8-;5-,7-,8-;4-,5+,6-,7-;;;;/m1111..../s1. The molecule has 0 saturated carbocycles. The van der Waals surface area contributed by atoms with E-state index in [1.54, 1.807) is 34.6 Å². The van der Waals surface area contributed by atoms with Crippen molar-refractivity contribution in [3.8, 4) is 0 Å². The molecule has 354 valence electrons. The number of aliphatic hydroxyl groups is 4. The fraction of sp³-hybridized carbons (Fsp3) is 0.951. The van der Waals surface area contributed by atoms with E-state index >= 15 is 0 Å². The first-order valence-corrected chi connectivity index (χ1v) is 20.8. The monoisotopic (exact) mass is 956 g/mol. The molecule has 0 unspecified atom stereocenters. The molecule has 0 aromatic rings. The van der Waals surface area contributed by atoms with Crippen LogP contribution in [0.5, 0.6) is 0 Å². The number of fused-ring (bicyclic) bond motifs is 4. The van der Waals surface area contributed by atoms with Crippen molar-refractivity contribution in [3.05, 3.63) is 7.43 Å². The Morgan fingerprint density at radius 3 is 1.46 bits per heavy atom. The van der Waals surface area contributed by atoms with Crippen molar-refractivity contribution in [1.29, 1.82) is 0 Å². The van der Waals surface area contributed by atoms with E-state index in [4.69, 9.17) is 66.7 Å². The maximum Gasteiger partial charge on any atom is 2.00 e. The molecule has 9 aliphatic heterocycles. The fourth-order valence-corrected chi connectivity index (χ4v) is 8.06. The summed E-state index contributed by atoms with van der Waals surface area (Å²) in [7, 11) is 0. The molecule has 4 N–H and O–H groups in total. The molecule has 9 rings (SSSR count). The van der Waals surface area contributed by atoms with Crippen LogP contribution in [-0.4, -0.2) is 184 Å². The topological polar surface area (TPSA) is 218 Å². The van der Waals surface area contributed by atoms with E-state index in [1.807, 2.05) is 48.5 Å². The van der Waals surface area contributed by atoms with Gasteiger partial charge in [-0.05, 0) is 94.4 Å². The molecule has 18 nitrogen and oxygen atoms in total. The van der Waals surface area contributed by atoms with E-state index in [0.29, 0.717) is 6.42 Å². The van der Waals surface area contributed by atoms with E-state index < -0.39 is 84.4 Å². The first kappa shape index (κ1) is 57.4. The third-order valence-electron chi connectivity index (χ3n) is 10.9. The second-order valence-corrected chi connectivity index (χ2v) is 17.7. The first-order valence-electron chi connectivity index (χ1n) is 20.8. The summed E-state index contributed by atoms with van der Waals surface area (Å²) in [5.74, 6) is -2.67. The number of ketones is 1. The van der Waals surface area contributed by atoms with Crippen molar-refractivity contribution in [3.63, 3.8) is 0 Å². The van der Waals surface area contributed by atoms with Crippen molar-refractivity contribution in [2.45, 2.75) is 230 Å². The molecular weight excluding hydrogens is 885 g/mol. The van der Waals surface area contributed by atoms with Crippen molar-refractivity contribution in [2.24, 2.45) is 0 Å². The minimum Gasteiger partial charge on any atom is -1.00 e. The Hall–Kier alpha value is 0.236. The van der Waals surface area contributed by atoms with Gasteiger partial charge in [0.1, 0.15) is 48.3 Å². The fourth-order valence-electron chi connectivity index (χ4n) is 8.06. The number of Topliss-reactive ketones (excluding diaryl/α,β-unsaturated/α-hetero) is 1. The number of carbonyl (C=O) groups excluding carboxylic acids is 1. The van der Waals surface area contributed by atoms with E-state index in [2.05, 4.69) is 0 Å². The molecule has 0 aromatic carbocycles. The van der Waals surface area contributed by atoms with E-state index in [1.165, 1.54) is 12.8 Å². The summed E-state index contributed by atoms with van der Waals surface area (Å²) in [5.41, 5.74) is -0.951. The molecule has 0 bridgehead atoms. The Morgan fingerprint density at radius 2 is 1.05 bits per heavy atom. The normalized spacial score (nSPS) is 43.1. The van der Waals surface area contributed by atoms with Crippen LogP contribution >= 0.6 is 0 Å². The largest absolute Gasteiger partial charge is 2.00 e. The van der Waals surface area contributed by atoms with Crippen molar-refractivity contribution >= 4 is 28.8 Å². The average Bonchev–Trinajstić information content (AvgIpc) is 4.02. The molecule has 61 heavy (non-hydrogen) atoms. The summed E-state index contributed by atoms with van der Waals surface area (Å²) >= 11 is 0. The first-order chi connectivity index (χ1) is 27.0. The van der Waals surface area contributed by atoms with Gasteiger partial charge in [-0.25, -0.2) is 0 Å². The van der Waals surface area contributed by atoms with Crippen LogP contribution in [0.3, 0.4) is 0 Å². The second-order valence-electron chi connectivity index (χ2n) is 17.7. The summed E-state index contributed by atoms with van der Waals surface area (Å²) in [6, 6.07) is 0. The van der Waals surface area contributed by atoms with Gasteiger partial charge < -0.3 is 106 Å². The summed E-state index contributed by atoms with van der Waals surface area (Å²) in [5, 5.41) is 38.4. The molecule has 9 heterocycles. The van der Waals surface area contributed by atoms with Crippen LogP contribution < -0.4 is 17.0 Å². The number of halogens is 1. The summed E-state index contributed by atoms with van der Waals surface area (Å²) in [6.45, 7) is 23.8. The Balaban J connectivity index is 0.000000265. The summed E-state index contributed by atoms with van der Waals surface area (Å²) in [4.78, 5) is 11.6. The maximum atomic E-state index is 11.6. The molecule has 15 atom stereocenters. The van der Waals surface area contributed by atoms with Gasteiger partial charge in [0, 0.05) is 13.2 Å². The zero-order chi connectivity index (χ0) is 43.0. The number of carbonyl (C=O) groups is 1. The zero-order valence-electron chi connectivity index (χ0n) is 38.3. The summed E-state index contributed by atoms with van der Waals surface area (Å²) in [6.07, 6.45) is -1.43. The van der Waals surface area contributed by atoms with Gasteiger partial charge in [0.2, 0.25) is 0 Å². The number of hydrogen-bond donors (Lipinski definition) is 4. The average molecular weight is 958 g/mol. The van der Waals surface area contributed by atoms with Gasteiger partial charge in [0.15, 0.2) is 60.2 Å². The minimum absolute atomic E-state index is 0. The predicted octanol–water partition coefficient (Wildman–Crippen LogP) is -0.414. The zero-order valence-corrected chi connectivity index (χ0v) is 41.3. The molecule has 0 aromatic heterocycles. The molecule has 0 radical (unpaired) electrons. The van der Waals surface area contributed by atoms with E-state index in [9.17, 15) is 20.1 Å². The van der Waals surface area contributed by atoms with Crippen molar-refractivity contribution in [1.82, 2.24) is 0 Å². The van der Waals surface area contributed by atoms with Crippen molar-refractivity contribution in [2.75, 3.05) is 19.8 Å². The van der Waals surface area contributed by atoms with Crippen LogP contribution in [0.1, 0.15) is 115 Å². The Labute approximate surface area is 388 Å². The van der Waals surface area contributed by atoms with Gasteiger partial charge in [-0.15, -0.1) is 0 Å². The quantitative estimate of drug-likeness (QED) is 0.208. The predicted molar refractivity (Wildman–Crippen MR) is 213 cm³/mol. The molecule has 9 aliphatic rings. The third kappa shape index (κ3) is 13.9. The van der Waals surface area contributed by atoms with Crippen molar-refractivity contribution < 1.29 is 104 Å². The molecule has 9 fully saturated rings. The maximum absolute atomic E-state index is 11.6. The number of hydrogen-bond acceptors (Lipinski definition) is 18. The van der Waals surface area contributed by atoms with Gasteiger partial charge in [0.25, 0.3) is 0 Å². The van der Waals surface area contributed by atoms with Gasteiger partial charge >= 0.3 is 23.1 Å². The van der Waals surface area contributed by atoms with Crippen LogP contribution in [0.25, 0.3) is 0 Å². The van der Waals surface area contributed by atoms with Crippen LogP contribution in [0.15, 0.2) is 0 Å². The minimum atomic E-state index is -0.951. The SMILES string of the molecule is C1CCOC1.CC1(C)O[C@H]2O[C@H](CO)[C@H](O)[C@H]2O1.CC[C@H]1O[C@@H]2OC(C)(C)O[C@@H]2C1=O.CC[C@H]1O[C@@H]2OC(C)(C)O[C@@H]2[C@H]1O.CC[C@H]1O[C@@H]2OC(C)(C)O[C@@H]2[C@]1(C)O.[Br-].[CH3-].[Mg+2]. The molecule has 0 spiro atoms. The number of rotatable bonds is 4. The number of aliphatic hydroxyl groups excluding tert-OH is 3. The van der Waals surface area contributed by atoms with Crippen LogP contribution in [-0.2, 0) is 66.4 Å². The third-order valence-corrected chi connectivity index (χ3v) is 10.9. The van der Waals surface area contributed by atoms with Gasteiger partial charge in [-0.3, -0.25) is 4.79 Å². The summed E-state index contributed by atoms with van der Waals surface area (Å²) < 4.78 is 70.4. The molecule has 20 heteroatoms. The van der Waals surface area contributed by atoms with Gasteiger partial charge in [-0.2, -0.15) is 0 Å². The van der Waals surface area contributed by atoms with Gasteiger partial charge in [0.05, 0.1) is 18.8 Å². The Morgan fingerprint density at radius 1 is 0.590 bits per heavy atom.